The lowest BCUT2D eigenvalue weighted by atomic mass is 10.2. The van der Waals surface area contributed by atoms with E-state index in [1.54, 1.807) is 35.2 Å². The fourth-order valence-corrected chi connectivity index (χ4v) is 3.98. The Hall–Kier alpha value is -2.38. The van der Waals surface area contributed by atoms with Gasteiger partial charge in [-0.25, -0.2) is 8.42 Å². The molecule has 1 saturated heterocycles. The third-order valence-electron chi connectivity index (χ3n) is 3.93. The Kier molecular flexibility index (Phi) is 4.55. The number of hydrogen-bond acceptors (Lipinski definition) is 4. The number of benzene rings is 2. The summed E-state index contributed by atoms with van der Waals surface area (Å²) in [5, 5.41) is 0. The topological polar surface area (TPSA) is 75.7 Å². The summed E-state index contributed by atoms with van der Waals surface area (Å²) >= 11 is 0. The number of rotatable bonds is 5. The lowest BCUT2D eigenvalue weighted by molar-refractivity contribution is -0.118. The van der Waals surface area contributed by atoms with Crippen LogP contribution in [-0.4, -0.2) is 34.0 Å². The van der Waals surface area contributed by atoms with E-state index in [9.17, 15) is 13.2 Å². The van der Waals surface area contributed by atoms with E-state index in [2.05, 4.69) is 4.72 Å². The monoisotopic (exact) mass is 346 g/mol. The number of ether oxygens (including phenoxy) is 1. The number of nitrogens with zero attached hydrogens (tertiary/aromatic N) is 1. The van der Waals surface area contributed by atoms with Crippen LogP contribution in [-0.2, 0) is 14.8 Å². The van der Waals surface area contributed by atoms with Crippen molar-refractivity contribution in [1.29, 1.82) is 0 Å². The summed E-state index contributed by atoms with van der Waals surface area (Å²) in [6.45, 7) is 0.432. The second-order valence-corrected chi connectivity index (χ2v) is 7.15. The van der Waals surface area contributed by atoms with Crippen LogP contribution in [0.25, 0.3) is 0 Å². The van der Waals surface area contributed by atoms with Gasteiger partial charge in [-0.05, 0) is 30.7 Å². The zero-order chi connectivity index (χ0) is 17.2. The predicted molar refractivity (Wildman–Crippen MR) is 90.5 cm³/mol. The maximum Gasteiger partial charge on any atom is 0.245 e. The molecule has 24 heavy (non-hydrogen) atoms. The van der Waals surface area contributed by atoms with Crippen molar-refractivity contribution >= 4 is 21.6 Å². The van der Waals surface area contributed by atoms with Gasteiger partial charge in [0.1, 0.15) is 11.8 Å². The van der Waals surface area contributed by atoms with Crippen LogP contribution >= 0.6 is 0 Å². The molecule has 1 heterocycles. The third kappa shape index (κ3) is 3.13. The molecule has 1 N–H and O–H groups in total. The van der Waals surface area contributed by atoms with Gasteiger partial charge in [0.25, 0.3) is 0 Å². The van der Waals surface area contributed by atoms with Crippen LogP contribution in [0, 0.1) is 0 Å². The lowest BCUT2D eigenvalue weighted by Crippen LogP contribution is -2.41. The highest BCUT2D eigenvalue weighted by molar-refractivity contribution is 7.89. The Morgan fingerprint density at radius 3 is 2.46 bits per heavy atom. The summed E-state index contributed by atoms with van der Waals surface area (Å²) in [6.07, 6.45) is 0.406. The van der Waals surface area contributed by atoms with Gasteiger partial charge in [0.2, 0.25) is 15.9 Å². The molecule has 0 bridgehead atoms. The average molecular weight is 346 g/mol. The van der Waals surface area contributed by atoms with Crippen molar-refractivity contribution in [1.82, 2.24) is 4.72 Å². The van der Waals surface area contributed by atoms with E-state index in [-0.39, 0.29) is 10.8 Å². The lowest BCUT2D eigenvalue weighted by Gasteiger charge is -2.19. The minimum Gasteiger partial charge on any atom is -0.495 e. The number of carbonyl (C=O) groups is 1. The van der Waals surface area contributed by atoms with Crippen molar-refractivity contribution in [2.45, 2.75) is 17.4 Å². The van der Waals surface area contributed by atoms with E-state index in [4.69, 9.17) is 4.74 Å². The molecule has 1 atom stereocenters. The van der Waals surface area contributed by atoms with Gasteiger partial charge in [0, 0.05) is 6.54 Å². The van der Waals surface area contributed by atoms with Gasteiger partial charge >= 0.3 is 0 Å². The maximum atomic E-state index is 12.6. The minimum atomic E-state index is -3.73. The molecule has 1 unspecified atom stereocenters. The van der Waals surface area contributed by atoms with Crippen LogP contribution in [0.3, 0.4) is 0 Å². The number of carbonyl (C=O) groups excluding carboxylic acids is 1. The molecule has 0 aromatic heterocycles. The summed E-state index contributed by atoms with van der Waals surface area (Å²) < 4.78 is 32.6. The summed E-state index contributed by atoms with van der Waals surface area (Å²) in [7, 11) is -2.19. The number of hydrogen-bond donors (Lipinski definition) is 1. The Labute approximate surface area is 141 Å². The zero-order valence-corrected chi connectivity index (χ0v) is 14.0. The summed E-state index contributed by atoms with van der Waals surface area (Å²) in [5.41, 5.74) is 0.645. The molecule has 0 radical (unpaired) electrons. The first-order valence-electron chi connectivity index (χ1n) is 7.55. The van der Waals surface area contributed by atoms with Crippen molar-refractivity contribution in [2.75, 3.05) is 18.6 Å². The van der Waals surface area contributed by atoms with Crippen LogP contribution in [0.4, 0.5) is 5.69 Å². The Morgan fingerprint density at radius 2 is 1.75 bits per heavy atom. The van der Waals surface area contributed by atoms with Crippen LogP contribution < -0.4 is 14.4 Å². The highest BCUT2D eigenvalue weighted by atomic mass is 32.2. The molecule has 126 valence electrons. The number of methoxy groups -OCH3 is 1. The molecule has 7 heteroatoms. The molecule has 2 aromatic rings. The van der Waals surface area contributed by atoms with Gasteiger partial charge in [-0.1, -0.05) is 30.3 Å². The molecular formula is C17H18N2O4S. The van der Waals surface area contributed by atoms with E-state index in [0.717, 1.165) is 0 Å². The summed E-state index contributed by atoms with van der Waals surface area (Å²) in [5.74, 6) is 0.302. The fourth-order valence-electron chi connectivity index (χ4n) is 2.74. The summed E-state index contributed by atoms with van der Waals surface area (Å²) in [6, 6.07) is 14.4. The second-order valence-electron chi connectivity index (χ2n) is 5.44. The van der Waals surface area contributed by atoms with Gasteiger partial charge in [-0.2, -0.15) is 4.72 Å². The molecule has 1 amide bonds. The zero-order valence-electron chi connectivity index (χ0n) is 13.2. The number of para-hydroxylation sites is 2. The average Bonchev–Trinajstić information content (AvgIpc) is 2.95. The highest BCUT2D eigenvalue weighted by Gasteiger charge is 2.36. The predicted octanol–water partition coefficient (Wildman–Crippen LogP) is 1.78. The Bertz CT molecular complexity index is 837. The standard InChI is InChI=1S/C17H18N2O4S/c1-23-16-10-6-5-9-15(16)19-12-11-14(17(19)20)18-24(21,22)13-7-3-2-4-8-13/h2-10,14,18H,11-12H2,1H3. The van der Waals surface area contributed by atoms with E-state index in [0.29, 0.717) is 24.4 Å². The normalized spacial score (nSPS) is 18.0. The number of nitrogens with one attached hydrogen (secondary N) is 1. The molecule has 1 fully saturated rings. The van der Waals surface area contributed by atoms with Crippen molar-refractivity contribution in [2.24, 2.45) is 0 Å². The molecule has 0 saturated carbocycles. The van der Waals surface area contributed by atoms with Crippen LogP contribution in [0.1, 0.15) is 6.42 Å². The number of amides is 1. The molecule has 1 aliphatic rings. The van der Waals surface area contributed by atoms with Crippen molar-refractivity contribution in [3.63, 3.8) is 0 Å². The first kappa shape index (κ1) is 16.5. The smallest absolute Gasteiger partial charge is 0.245 e. The van der Waals surface area contributed by atoms with Crippen molar-refractivity contribution in [3.8, 4) is 5.75 Å². The Morgan fingerprint density at radius 1 is 1.08 bits per heavy atom. The molecule has 0 spiro atoms. The van der Waals surface area contributed by atoms with Gasteiger partial charge in [-0.15, -0.1) is 0 Å². The number of sulfonamides is 1. The SMILES string of the molecule is COc1ccccc1N1CCC(NS(=O)(=O)c2ccccc2)C1=O. The molecule has 3 rings (SSSR count). The highest BCUT2D eigenvalue weighted by Crippen LogP contribution is 2.31. The van der Waals surface area contributed by atoms with Gasteiger partial charge in [0.15, 0.2) is 0 Å². The van der Waals surface area contributed by atoms with E-state index >= 15 is 0 Å². The second kappa shape index (κ2) is 6.62. The third-order valence-corrected chi connectivity index (χ3v) is 5.42. The van der Waals surface area contributed by atoms with Crippen LogP contribution in [0.15, 0.2) is 59.5 Å². The van der Waals surface area contributed by atoms with Crippen LogP contribution in [0.2, 0.25) is 0 Å². The van der Waals surface area contributed by atoms with E-state index in [1.807, 2.05) is 12.1 Å². The van der Waals surface area contributed by atoms with Crippen LogP contribution in [0.5, 0.6) is 5.75 Å². The Balaban J connectivity index is 1.80. The largest absolute Gasteiger partial charge is 0.495 e. The molecule has 0 aliphatic carbocycles. The molecule has 1 aliphatic heterocycles. The van der Waals surface area contributed by atoms with Crippen molar-refractivity contribution < 1.29 is 17.9 Å². The maximum absolute atomic E-state index is 12.6. The minimum absolute atomic E-state index is 0.147. The fraction of sp³-hybridized carbons (Fsp3) is 0.235. The van der Waals surface area contributed by atoms with Gasteiger partial charge in [-0.3, -0.25) is 4.79 Å². The van der Waals surface area contributed by atoms with E-state index < -0.39 is 16.1 Å². The molecule has 2 aromatic carbocycles. The van der Waals surface area contributed by atoms with Gasteiger partial charge < -0.3 is 9.64 Å². The van der Waals surface area contributed by atoms with Gasteiger partial charge in [0.05, 0.1) is 17.7 Å². The molecular weight excluding hydrogens is 328 g/mol. The first-order chi connectivity index (χ1) is 11.5. The first-order valence-corrected chi connectivity index (χ1v) is 9.03. The summed E-state index contributed by atoms with van der Waals surface area (Å²) in [4.78, 5) is 14.3. The number of anilines is 1. The van der Waals surface area contributed by atoms with E-state index in [1.165, 1.54) is 19.2 Å². The molecule has 6 nitrogen and oxygen atoms in total. The van der Waals surface area contributed by atoms with Crippen molar-refractivity contribution in [3.05, 3.63) is 54.6 Å². The quantitative estimate of drug-likeness (QED) is 0.895.